The summed E-state index contributed by atoms with van der Waals surface area (Å²) in [6.45, 7) is 5.41. The molecule has 1 N–H and O–H groups in total. The van der Waals surface area contributed by atoms with E-state index >= 15 is 0 Å². The van der Waals surface area contributed by atoms with E-state index < -0.39 is 17.9 Å². The Morgan fingerprint density at radius 2 is 1.81 bits per heavy atom. The molecular formula is C16H23NO4. The van der Waals surface area contributed by atoms with Gasteiger partial charge in [-0.3, -0.25) is 4.79 Å². The molecule has 0 unspecified atom stereocenters. The number of methoxy groups -OCH3 is 1. The molecule has 116 valence electrons. The minimum Gasteiger partial charge on any atom is -0.497 e. The van der Waals surface area contributed by atoms with Crippen LogP contribution in [0.15, 0.2) is 24.3 Å². The van der Waals surface area contributed by atoms with E-state index in [-0.39, 0.29) is 12.4 Å². The number of ether oxygens (including phenoxy) is 2. The van der Waals surface area contributed by atoms with E-state index in [4.69, 9.17) is 9.47 Å². The molecule has 0 amide bonds. The van der Waals surface area contributed by atoms with E-state index in [1.807, 2.05) is 6.92 Å². The predicted molar refractivity (Wildman–Crippen MR) is 81.5 cm³/mol. The molecule has 21 heavy (non-hydrogen) atoms. The van der Waals surface area contributed by atoms with Gasteiger partial charge in [-0.1, -0.05) is 6.92 Å². The Morgan fingerprint density at radius 3 is 2.24 bits per heavy atom. The summed E-state index contributed by atoms with van der Waals surface area (Å²) in [5, 5.41) is 3.10. The summed E-state index contributed by atoms with van der Waals surface area (Å²) < 4.78 is 10.2. The van der Waals surface area contributed by atoms with Crippen LogP contribution in [0.25, 0.3) is 0 Å². The van der Waals surface area contributed by atoms with Crippen LogP contribution in [0.2, 0.25) is 0 Å². The van der Waals surface area contributed by atoms with Crippen molar-refractivity contribution >= 4 is 17.4 Å². The van der Waals surface area contributed by atoms with E-state index in [0.717, 1.165) is 11.4 Å². The molecule has 2 atom stereocenters. The lowest BCUT2D eigenvalue weighted by atomic mass is 9.92. The maximum atomic E-state index is 12.1. The van der Waals surface area contributed by atoms with Crippen LogP contribution in [0.5, 0.6) is 5.75 Å². The molecule has 0 heterocycles. The first kappa shape index (κ1) is 17.0. The Hall–Kier alpha value is -2.04. The first-order valence-corrected chi connectivity index (χ1v) is 7.11. The average Bonchev–Trinajstić information content (AvgIpc) is 2.47. The average molecular weight is 293 g/mol. The molecule has 0 saturated heterocycles. The zero-order valence-corrected chi connectivity index (χ0v) is 13.0. The first-order chi connectivity index (χ1) is 10.0. The molecule has 0 radical (unpaired) electrons. The zero-order chi connectivity index (χ0) is 15.8. The van der Waals surface area contributed by atoms with Crippen molar-refractivity contribution in [1.82, 2.24) is 0 Å². The number of anilines is 1. The maximum absolute atomic E-state index is 12.1. The van der Waals surface area contributed by atoms with Crippen LogP contribution in [0, 0.1) is 5.92 Å². The van der Waals surface area contributed by atoms with Crippen LogP contribution < -0.4 is 10.1 Å². The van der Waals surface area contributed by atoms with Gasteiger partial charge in [0.1, 0.15) is 17.6 Å². The number of hydrogen-bond donors (Lipinski definition) is 1. The van der Waals surface area contributed by atoms with Gasteiger partial charge in [-0.05, 0) is 44.5 Å². The molecule has 1 aromatic rings. The van der Waals surface area contributed by atoms with Crippen LogP contribution in [0.4, 0.5) is 5.69 Å². The zero-order valence-electron chi connectivity index (χ0n) is 13.0. The maximum Gasteiger partial charge on any atom is 0.329 e. The molecule has 0 aliphatic heterocycles. The molecule has 1 rings (SSSR count). The third-order valence-electron chi connectivity index (χ3n) is 3.32. The minimum atomic E-state index is -0.680. The summed E-state index contributed by atoms with van der Waals surface area (Å²) in [6, 6.07) is 6.51. The molecule has 0 bridgehead atoms. The van der Waals surface area contributed by atoms with Crippen LogP contribution in [-0.2, 0) is 14.3 Å². The number of hydrogen-bond acceptors (Lipinski definition) is 5. The number of nitrogens with one attached hydrogen (secondary N) is 1. The molecule has 0 fully saturated rings. The van der Waals surface area contributed by atoms with E-state index in [0.29, 0.717) is 6.42 Å². The van der Waals surface area contributed by atoms with E-state index in [9.17, 15) is 9.59 Å². The highest BCUT2D eigenvalue weighted by Crippen LogP contribution is 2.20. The van der Waals surface area contributed by atoms with Gasteiger partial charge in [0.15, 0.2) is 0 Å². The van der Waals surface area contributed by atoms with Crippen molar-refractivity contribution in [3.8, 4) is 5.75 Å². The highest BCUT2D eigenvalue weighted by atomic mass is 16.5. The van der Waals surface area contributed by atoms with Crippen LogP contribution in [0.1, 0.15) is 27.2 Å². The van der Waals surface area contributed by atoms with Crippen LogP contribution >= 0.6 is 0 Å². The van der Waals surface area contributed by atoms with Crippen LogP contribution in [0.3, 0.4) is 0 Å². The summed E-state index contributed by atoms with van der Waals surface area (Å²) in [4.78, 5) is 23.9. The highest BCUT2D eigenvalue weighted by molar-refractivity contribution is 5.89. The molecule has 0 aliphatic rings. The summed E-state index contributed by atoms with van der Waals surface area (Å²) in [7, 11) is 1.59. The predicted octanol–water partition coefficient (Wildman–Crippen LogP) is 2.65. The molecular weight excluding hydrogens is 270 g/mol. The SMILES string of the molecule is CCOC(=O)[C@H](Nc1ccc(OC)cc1)[C@@H](CC)C(C)=O. The molecule has 1 aromatic carbocycles. The van der Waals surface area contributed by atoms with Crippen molar-refractivity contribution in [1.29, 1.82) is 0 Å². The molecule has 5 heteroatoms. The quantitative estimate of drug-likeness (QED) is 0.746. The Kier molecular flexibility index (Phi) is 6.72. The number of ketones is 1. The van der Waals surface area contributed by atoms with Crippen molar-refractivity contribution in [3.63, 3.8) is 0 Å². The molecule has 5 nitrogen and oxygen atoms in total. The van der Waals surface area contributed by atoms with Crippen molar-refractivity contribution in [3.05, 3.63) is 24.3 Å². The second kappa shape index (κ2) is 8.29. The third kappa shape index (κ3) is 4.77. The third-order valence-corrected chi connectivity index (χ3v) is 3.32. The lowest BCUT2D eigenvalue weighted by Gasteiger charge is -2.24. The lowest BCUT2D eigenvalue weighted by molar-refractivity contribution is -0.147. The van der Waals surface area contributed by atoms with E-state index in [1.165, 1.54) is 6.92 Å². The van der Waals surface area contributed by atoms with Gasteiger partial charge in [-0.15, -0.1) is 0 Å². The Balaban J connectivity index is 2.94. The van der Waals surface area contributed by atoms with Gasteiger partial charge < -0.3 is 14.8 Å². The first-order valence-electron chi connectivity index (χ1n) is 7.11. The molecule has 0 saturated carbocycles. The highest BCUT2D eigenvalue weighted by Gasteiger charge is 2.31. The topological polar surface area (TPSA) is 64.6 Å². The van der Waals surface area contributed by atoms with E-state index in [2.05, 4.69) is 5.32 Å². The van der Waals surface area contributed by atoms with E-state index in [1.54, 1.807) is 38.3 Å². The van der Waals surface area contributed by atoms with Crippen molar-refractivity contribution in [2.45, 2.75) is 33.2 Å². The standard InChI is InChI=1S/C16H23NO4/c1-5-14(11(3)18)15(16(19)21-6-2)17-12-7-9-13(20-4)10-8-12/h7-10,14-15,17H,5-6H2,1-4H3/t14-,15+/m0/s1. The van der Waals surface area contributed by atoms with Gasteiger partial charge in [0.2, 0.25) is 0 Å². The Bertz CT molecular complexity index is 470. The second-order valence-corrected chi connectivity index (χ2v) is 4.73. The Morgan fingerprint density at radius 1 is 1.19 bits per heavy atom. The largest absolute Gasteiger partial charge is 0.497 e. The van der Waals surface area contributed by atoms with Gasteiger partial charge in [0.05, 0.1) is 13.7 Å². The summed E-state index contributed by atoms with van der Waals surface area (Å²) in [5.74, 6) is -0.120. The fourth-order valence-electron chi connectivity index (χ4n) is 2.18. The normalized spacial score (nSPS) is 13.1. The van der Waals surface area contributed by atoms with Crippen molar-refractivity contribution < 1.29 is 19.1 Å². The van der Waals surface area contributed by atoms with Crippen LogP contribution in [-0.4, -0.2) is 31.5 Å². The lowest BCUT2D eigenvalue weighted by Crippen LogP contribution is -2.41. The number of rotatable bonds is 8. The van der Waals surface area contributed by atoms with Gasteiger partial charge in [0.25, 0.3) is 0 Å². The van der Waals surface area contributed by atoms with Gasteiger partial charge >= 0.3 is 5.97 Å². The molecule has 0 aromatic heterocycles. The number of Topliss-reactive ketones (excluding diaryl/α,β-unsaturated/α-hetero) is 1. The smallest absolute Gasteiger partial charge is 0.329 e. The van der Waals surface area contributed by atoms with Crippen molar-refractivity contribution in [2.75, 3.05) is 19.0 Å². The van der Waals surface area contributed by atoms with Gasteiger partial charge in [0, 0.05) is 11.6 Å². The molecule has 0 spiro atoms. The summed E-state index contributed by atoms with van der Waals surface area (Å²) in [6.07, 6.45) is 0.571. The molecule has 0 aliphatic carbocycles. The summed E-state index contributed by atoms with van der Waals surface area (Å²) in [5.41, 5.74) is 0.744. The van der Waals surface area contributed by atoms with Gasteiger partial charge in [-0.2, -0.15) is 0 Å². The Labute approximate surface area is 125 Å². The number of benzene rings is 1. The second-order valence-electron chi connectivity index (χ2n) is 4.73. The monoisotopic (exact) mass is 293 g/mol. The number of carbonyl (C=O) groups is 2. The number of esters is 1. The fraction of sp³-hybridized carbons (Fsp3) is 0.500. The van der Waals surface area contributed by atoms with Crippen molar-refractivity contribution in [2.24, 2.45) is 5.92 Å². The minimum absolute atomic E-state index is 0.0310. The number of carbonyl (C=O) groups excluding carboxylic acids is 2. The fourth-order valence-corrected chi connectivity index (χ4v) is 2.18. The summed E-state index contributed by atoms with van der Waals surface area (Å²) >= 11 is 0. The van der Waals surface area contributed by atoms with Gasteiger partial charge in [-0.25, -0.2) is 4.79 Å².